The summed E-state index contributed by atoms with van der Waals surface area (Å²) in [7, 11) is -5.12. The number of carbonyl (C=O) groups is 4. The Morgan fingerprint density at radius 2 is 1.82 bits per heavy atom. The number of hydrogen-bond acceptors (Lipinski definition) is 7. The molecule has 0 radical (unpaired) electrons. The minimum absolute atomic E-state index is 0.0245. The minimum atomic E-state index is -5.12. The van der Waals surface area contributed by atoms with E-state index in [2.05, 4.69) is 16.0 Å². The van der Waals surface area contributed by atoms with Crippen LogP contribution < -0.4 is 16.0 Å². The molecule has 1 aliphatic rings. The van der Waals surface area contributed by atoms with E-state index >= 15 is 0 Å². The zero-order valence-electron chi connectivity index (χ0n) is 18.4. The summed E-state index contributed by atoms with van der Waals surface area (Å²) < 4.78 is 37.2. The third-order valence-corrected chi connectivity index (χ3v) is 5.86. The molecule has 11 nitrogen and oxygen atoms in total. The van der Waals surface area contributed by atoms with Crippen molar-refractivity contribution in [3.63, 3.8) is 0 Å². The van der Waals surface area contributed by atoms with Gasteiger partial charge in [0, 0.05) is 12.5 Å². The first-order valence-electron chi connectivity index (χ1n) is 10.5. The van der Waals surface area contributed by atoms with Crippen LogP contribution in [0.4, 0.5) is 4.79 Å². The summed E-state index contributed by atoms with van der Waals surface area (Å²) in [5.41, 5.74) is 0.742. The molecule has 1 saturated heterocycles. The smallest absolute Gasteiger partial charge is 0.408 e. The van der Waals surface area contributed by atoms with E-state index in [-0.39, 0.29) is 31.3 Å². The fourth-order valence-electron chi connectivity index (χ4n) is 3.43. The van der Waals surface area contributed by atoms with E-state index in [9.17, 15) is 32.1 Å². The number of benzene rings is 1. The molecule has 0 saturated carbocycles. The SMILES string of the molecule is CC(C)C[C@H](NC(=O)OCc1ccccc1)C(=O)N[C@@H](C[C@@H]1CCNC1=O)C(=O)S(=O)(=O)O. The zero-order valence-corrected chi connectivity index (χ0v) is 19.3. The molecule has 1 aliphatic heterocycles. The monoisotopic (exact) mass is 483 g/mol. The molecule has 0 aromatic heterocycles. The quantitative estimate of drug-likeness (QED) is 0.354. The lowest BCUT2D eigenvalue weighted by molar-refractivity contribution is -0.128. The number of rotatable bonds is 10. The van der Waals surface area contributed by atoms with Gasteiger partial charge in [-0.1, -0.05) is 44.2 Å². The van der Waals surface area contributed by atoms with Gasteiger partial charge < -0.3 is 20.7 Å². The topological polar surface area (TPSA) is 168 Å². The molecule has 1 aromatic rings. The standard InChI is InChI=1S/C21H29N3O8S/c1-13(2)10-16(24-21(28)32-12-14-6-4-3-5-7-14)19(26)23-17(20(27)33(29,30)31)11-15-8-9-22-18(15)25/h3-7,13,15-17H,8-12H2,1-2H3,(H,22,25)(H,23,26)(H,24,28)(H,29,30,31)/t15-,16-,17-/m0/s1. The number of ether oxygens (including phenoxy) is 1. The molecule has 1 fully saturated rings. The van der Waals surface area contributed by atoms with Gasteiger partial charge in [-0.3, -0.25) is 18.9 Å². The summed E-state index contributed by atoms with van der Waals surface area (Å²) >= 11 is 0. The molecule has 0 bridgehead atoms. The molecule has 1 heterocycles. The largest absolute Gasteiger partial charge is 0.445 e. The maximum Gasteiger partial charge on any atom is 0.408 e. The van der Waals surface area contributed by atoms with Crippen LogP contribution in [0.25, 0.3) is 0 Å². The van der Waals surface area contributed by atoms with Gasteiger partial charge in [-0.15, -0.1) is 0 Å². The van der Waals surface area contributed by atoms with Gasteiger partial charge in [0.05, 0.1) is 0 Å². The number of hydrogen-bond donors (Lipinski definition) is 4. The molecular formula is C21H29N3O8S. The second-order valence-corrected chi connectivity index (χ2v) is 9.61. The normalized spacial score (nSPS) is 17.7. The molecule has 12 heteroatoms. The van der Waals surface area contributed by atoms with Crippen LogP contribution in [0.2, 0.25) is 0 Å². The van der Waals surface area contributed by atoms with Crippen molar-refractivity contribution in [2.75, 3.05) is 6.54 Å². The Bertz CT molecular complexity index is 965. The molecule has 1 aromatic carbocycles. The van der Waals surface area contributed by atoms with Crippen molar-refractivity contribution in [1.29, 1.82) is 0 Å². The van der Waals surface area contributed by atoms with E-state index in [1.807, 2.05) is 6.07 Å². The molecule has 182 valence electrons. The molecule has 0 unspecified atom stereocenters. The van der Waals surface area contributed by atoms with Crippen molar-refractivity contribution >= 4 is 33.1 Å². The molecule has 3 amide bonds. The minimum Gasteiger partial charge on any atom is -0.445 e. The molecule has 33 heavy (non-hydrogen) atoms. The van der Waals surface area contributed by atoms with Gasteiger partial charge in [0.1, 0.15) is 18.7 Å². The second-order valence-electron chi connectivity index (χ2n) is 8.26. The number of nitrogens with one attached hydrogen (secondary N) is 3. The van der Waals surface area contributed by atoms with Crippen LogP contribution in [0.3, 0.4) is 0 Å². The predicted octanol–water partition coefficient (Wildman–Crippen LogP) is 0.753. The van der Waals surface area contributed by atoms with Gasteiger partial charge in [0.15, 0.2) is 0 Å². The van der Waals surface area contributed by atoms with Crippen molar-refractivity contribution in [3.8, 4) is 0 Å². The lowest BCUT2D eigenvalue weighted by Gasteiger charge is -2.24. The van der Waals surface area contributed by atoms with E-state index < -0.39 is 45.2 Å². The first-order valence-corrected chi connectivity index (χ1v) is 12.0. The Labute approximate surface area is 192 Å². The van der Waals surface area contributed by atoms with E-state index in [0.717, 1.165) is 5.56 Å². The van der Waals surface area contributed by atoms with Crippen LogP contribution in [0.1, 0.15) is 38.7 Å². The van der Waals surface area contributed by atoms with Gasteiger partial charge in [-0.25, -0.2) is 4.79 Å². The Balaban J connectivity index is 2.09. The summed E-state index contributed by atoms with van der Waals surface area (Å²) in [6.45, 7) is 3.94. The summed E-state index contributed by atoms with van der Waals surface area (Å²) in [6.07, 6.45) is -0.650. The van der Waals surface area contributed by atoms with Gasteiger partial charge in [-0.05, 0) is 30.7 Å². The van der Waals surface area contributed by atoms with Crippen molar-refractivity contribution < 1.29 is 36.9 Å². The van der Waals surface area contributed by atoms with E-state index in [4.69, 9.17) is 4.74 Å². The average Bonchev–Trinajstić information content (AvgIpc) is 3.14. The third-order valence-electron chi connectivity index (χ3n) is 5.07. The summed E-state index contributed by atoms with van der Waals surface area (Å²) in [4.78, 5) is 49.2. The van der Waals surface area contributed by atoms with Gasteiger partial charge in [-0.2, -0.15) is 8.42 Å². The van der Waals surface area contributed by atoms with Gasteiger partial charge >= 0.3 is 16.2 Å². The summed E-state index contributed by atoms with van der Waals surface area (Å²) in [6, 6.07) is 6.10. The van der Waals surface area contributed by atoms with Crippen molar-refractivity contribution in [1.82, 2.24) is 16.0 Å². The van der Waals surface area contributed by atoms with E-state index in [0.29, 0.717) is 13.0 Å². The first kappa shape index (κ1) is 26.3. The van der Waals surface area contributed by atoms with Crippen molar-refractivity contribution in [2.45, 2.75) is 51.8 Å². The van der Waals surface area contributed by atoms with Crippen LogP contribution in [0.5, 0.6) is 0 Å². The highest BCUT2D eigenvalue weighted by Crippen LogP contribution is 2.18. The Morgan fingerprint density at radius 3 is 2.36 bits per heavy atom. The Morgan fingerprint density at radius 1 is 1.15 bits per heavy atom. The first-order chi connectivity index (χ1) is 15.5. The summed E-state index contributed by atoms with van der Waals surface area (Å²) in [5.74, 6) is -1.96. The van der Waals surface area contributed by atoms with Crippen molar-refractivity contribution in [2.24, 2.45) is 11.8 Å². The summed E-state index contributed by atoms with van der Waals surface area (Å²) in [5, 5.41) is 5.65. The fraction of sp³-hybridized carbons (Fsp3) is 0.524. The third kappa shape index (κ3) is 8.46. The van der Waals surface area contributed by atoms with E-state index in [1.165, 1.54) is 0 Å². The molecule has 0 aliphatic carbocycles. The average molecular weight is 484 g/mol. The second kappa shape index (κ2) is 11.8. The van der Waals surface area contributed by atoms with Crippen LogP contribution in [-0.4, -0.2) is 54.6 Å². The highest BCUT2D eigenvalue weighted by atomic mass is 32.2. The molecule has 2 rings (SSSR count). The number of alkyl carbamates (subject to hydrolysis) is 1. The van der Waals surface area contributed by atoms with Crippen LogP contribution in [-0.2, 0) is 35.8 Å². The highest BCUT2D eigenvalue weighted by molar-refractivity contribution is 8.01. The van der Waals surface area contributed by atoms with Crippen molar-refractivity contribution in [3.05, 3.63) is 35.9 Å². The Kier molecular flexibility index (Phi) is 9.35. The van der Waals surface area contributed by atoms with Crippen LogP contribution in [0.15, 0.2) is 30.3 Å². The number of amides is 3. The van der Waals surface area contributed by atoms with Crippen LogP contribution >= 0.6 is 0 Å². The lowest BCUT2D eigenvalue weighted by atomic mass is 9.98. The van der Waals surface area contributed by atoms with Crippen LogP contribution in [0, 0.1) is 11.8 Å². The van der Waals surface area contributed by atoms with E-state index in [1.54, 1.807) is 38.1 Å². The molecule has 3 atom stereocenters. The molecule has 0 spiro atoms. The maximum absolute atomic E-state index is 12.9. The maximum atomic E-state index is 12.9. The molecule has 4 N–H and O–H groups in total. The fourth-order valence-corrected chi connectivity index (χ4v) is 3.95. The zero-order chi connectivity index (χ0) is 24.6. The lowest BCUT2D eigenvalue weighted by Crippen LogP contribution is -2.53. The number of carbonyl (C=O) groups excluding carboxylic acids is 4. The molecular weight excluding hydrogens is 454 g/mol. The Hall–Kier alpha value is -2.99. The predicted molar refractivity (Wildman–Crippen MR) is 117 cm³/mol. The van der Waals surface area contributed by atoms with Gasteiger partial charge in [0.25, 0.3) is 5.12 Å². The highest BCUT2D eigenvalue weighted by Gasteiger charge is 2.37. The van der Waals surface area contributed by atoms with Gasteiger partial charge in [0.2, 0.25) is 11.8 Å².